The molecule has 1 aromatic rings. The van der Waals surface area contributed by atoms with E-state index in [2.05, 4.69) is 0 Å². The highest BCUT2D eigenvalue weighted by atomic mass is 16.4. The molecule has 13 heavy (non-hydrogen) atoms. The van der Waals surface area contributed by atoms with Gasteiger partial charge >= 0.3 is 5.97 Å². The first-order valence-electron chi connectivity index (χ1n) is 4.23. The van der Waals surface area contributed by atoms with E-state index in [1.807, 2.05) is 13.0 Å². The molecule has 0 unspecified atom stereocenters. The van der Waals surface area contributed by atoms with Crippen LogP contribution in [0.3, 0.4) is 0 Å². The van der Waals surface area contributed by atoms with Crippen LogP contribution in [0.2, 0.25) is 0 Å². The number of carbonyl (C=O) groups is 1. The molecule has 3 N–H and O–H groups in total. The Morgan fingerprint density at radius 3 is 2.77 bits per heavy atom. The largest absolute Gasteiger partial charge is 0.481 e. The topological polar surface area (TPSA) is 63.3 Å². The highest BCUT2D eigenvalue weighted by Gasteiger charge is 2.07. The minimum absolute atomic E-state index is 0.0498. The molecular weight excluding hydrogens is 166 g/mol. The SMILES string of the molecule is CCc1c(N)cccc1CC(=O)O. The highest BCUT2D eigenvalue weighted by Crippen LogP contribution is 2.17. The Balaban J connectivity index is 3.05. The Morgan fingerprint density at radius 1 is 1.54 bits per heavy atom. The predicted molar refractivity (Wildman–Crippen MR) is 51.6 cm³/mol. The fraction of sp³-hybridized carbons (Fsp3) is 0.300. The minimum atomic E-state index is -0.819. The van der Waals surface area contributed by atoms with Crippen LogP contribution in [0.4, 0.5) is 5.69 Å². The average Bonchev–Trinajstić information content (AvgIpc) is 2.03. The van der Waals surface area contributed by atoms with E-state index >= 15 is 0 Å². The zero-order chi connectivity index (χ0) is 9.84. The number of anilines is 1. The molecule has 0 aliphatic heterocycles. The quantitative estimate of drug-likeness (QED) is 0.690. The molecular formula is C10H13NO2. The van der Waals surface area contributed by atoms with Crippen LogP contribution in [0, 0.1) is 0 Å². The van der Waals surface area contributed by atoms with Gasteiger partial charge in [-0.3, -0.25) is 4.79 Å². The van der Waals surface area contributed by atoms with E-state index < -0.39 is 5.97 Å². The van der Waals surface area contributed by atoms with E-state index in [0.29, 0.717) is 5.69 Å². The summed E-state index contributed by atoms with van der Waals surface area (Å²) in [6.45, 7) is 1.97. The number of rotatable bonds is 3. The highest BCUT2D eigenvalue weighted by molar-refractivity contribution is 5.72. The molecule has 0 spiro atoms. The zero-order valence-electron chi connectivity index (χ0n) is 7.58. The molecule has 0 radical (unpaired) electrons. The van der Waals surface area contributed by atoms with Crippen molar-refractivity contribution in [2.45, 2.75) is 19.8 Å². The first kappa shape index (κ1) is 9.58. The maximum atomic E-state index is 10.5. The van der Waals surface area contributed by atoms with E-state index in [1.54, 1.807) is 12.1 Å². The molecule has 0 fully saturated rings. The Hall–Kier alpha value is -1.51. The Bertz CT molecular complexity index is 321. The molecule has 0 saturated heterocycles. The molecule has 3 nitrogen and oxygen atoms in total. The number of carboxylic acids is 1. The summed E-state index contributed by atoms with van der Waals surface area (Å²) in [4.78, 5) is 10.5. The summed E-state index contributed by atoms with van der Waals surface area (Å²) in [6.07, 6.45) is 0.823. The Kier molecular flexibility index (Phi) is 2.90. The normalized spacial score (nSPS) is 9.92. The van der Waals surface area contributed by atoms with Crippen LogP contribution in [0.1, 0.15) is 18.1 Å². The Morgan fingerprint density at radius 2 is 2.23 bits per heavy atom. The number of nitrogens with two attached hydrogens (primary N) is 1. The third kappa shape index (κ3) is 2.21. The van der Waals surface area contributed by atoms with E-state index in [4.69, 9.17) is 10.8 Å². The van der Waals surface area contributed by atoms with E-state index in [0.717, 1.165) is 17.5 Å². The number of aliphatic carboxylic acids is 1. The molecule has 0 heterocycles. The summed E-state index contributed by atoms with van der Waals surface area (Å²) in [7, 11) is 0. The van der Waals surface area contributed by atoms with Crippen molar-refractivity contribution in [1.29, 1.82) is 0 Å². The molecule has 1 rings (SSSR count). The molecule has 0 aromatic heterocycles. The summed E-state index contributed by atoms with van der Waals surface area (Å²) >= 11 is 0. The number of hydrogen-bond acceptors (Lipinski definition) is 2. The van der Waals surface area contributed by atoms with Crippen molar-refractivity contribution >= 4 is 11.7 Å². The average molecular weight is 179 g/mol. The van der Waals surface area contributed by atoms with E-state index in [9.17, 15) is 4.79 Å². The van der Waals surface area contributed by atoms with Gasteiger partial charge < -0.3 is 10.8 Å². The van der Waals surface area contributed by atoms with Crippen LogP contribution >= 0.6 is 0 Å². The van der Waals surface area contributed by atoms with Gasteiger partial charge in [0.25, 0.3) is 0 Å². The van der Waals surface area contributed by atoms with Gasteiger partial charge in [-0.1, -0.05) is 19.1 Å². The molecule has 0 atom stereocenters. The first-order chi connectivity index (χ1) is 6.15. The van der Waals surface area contributed by atoms with Crippen molar-refractivity contribution in [3.05, 3.63) is 29.3 Å². The van der Waals surface area contributed by atoms with Crippen molar-refractivity contribution < 1.29 is 9.90 Å². The van der Waals surface area contributed by atoms with E-state index in [-0.39, 0.29) is 6.42 Å². The predicted octanol–water partition coefficient (Wildman–Crippen LogP) is 1.46. The molecule has 0 amide bonds. The second-order valence-corrected chi connectivity index (χ2v) is 2.91. The fourth-order valence-electron chi connectivity index (χ4n) is 1.41. The maximum absolute atomic E-state index is 10.5. The van der Waals surface area contributed by atoms with Crippen molar-refractivity contribution in [3.8, 4) is 0 Å². The smallest absolute Gasteiger partial charge is 0.307 e. The lowest BCUT2D eigenvalue weighted by molar-refractivity contribution is -0.136. The van der Waals surface area contributed by atoms with Crippen LogP contribution in [-0.2, 0) is 17.6 Å². The van der Waals surface area contributed by atoms with Gasteiger partial charge in [-0.05, 0) is 23.6 Å². The van der Waals surface area contributed by atoms with Gasteiger partial charge in [0.1, 0.15) is 0 Å². The van der Waals surface area contributed by atoms with E-state index in [1.165, 1.54) is 0 Å². The third-order valence-corrected chi connectivity index (χ3v) is 2.00. The van der Waals surface area contributed by atoms with Crippen LogP contribution in [0.5, 0.6) is 0 Å². The minimum Gasteiger partial charge on any atom is -0.481 e. The van der Waals surface area contributed by atoms with Crippen LogP contribution in [0.25, 0.3) is 0 Å². The summed E-state index contributed by atoms with van der Waals surface area (Å²) in [5.41, 5.74) is 8.16. The molecule has 70 valence electrons. The van der Waals surface area contributed by atoms with Gasteiger partial charge in [0.15, 0.2) is 0 Å². The monoisotopic (exact) mass is 179 g/mol. The Labute approximate surface area is 77.2 Å². The summed E-state index contributed by atoms with van der Waals surface area (Å²) in [6, 6.07) is 5.39. The van der Waals surface area contributed by atoms with Gasteiger partial charge in [0.05, 0.1) is 6.42 Å². The number of hydrogen-bond donors (Lipinski definition) is 2. The first-order valence-corrected chi connectivity index (χ1v) is 4.23. The zero-order valence-corrected chi connectivity index (χ0v) is 7.58. The van der Waals surface area contributed by atoms with Gasteiger partial charge in [-0.2, -0.15) is 0 Å². The van der Waals surface area contributed by atoms with Crippen LogP contribution < -0.4 is 5.73 Å². The number of benzene rings is 1. The van der Waals surface area contributed by atoms with Gasteiger partial charge in [0.2, 0.25) is 0 Å². The molecule has 0 aliphatic rings. The summed E-state index contributed by atoms with van der Waals surface area (Å²) in [5.74, 6) is -0.819. The molecule has 0 saturated carbocycles. The molecule has 0 aliphatic carbocycles. The van der Waals surface area contributed by atoms with Crippen LogP contribution in [0.15, 0.2) is 18.2 Å². The summed E-state index contributed by atoms with van der Waals surface area (Å²) < 4.78 is 0. The lowest BCUT2D eigenvalue weighted by Gasteiger charge is -2.07. The number of carboxylic acid groups (broad SMARTS) is 1. The van der Waals surface area contributed by atoms with Crippen molar-refractivity contribution in [2.75, 3.05) is 5.73 Å². The van der Waals surface area contributed by atoms with Gasteiger partial charge in [-0.25, -0.2) is 0 Å². The second-order valence-electron chi connectivity index (χ2n) is 2.91. The standard InChI is InChI=1S/C10H13NO2/c1-2-8-7(6-10(12)13)4-3-5-9(8)11/h3-5H,2,6,11H2,1H3,(H,12,13). The van der Waals surface area contributed by atoms with Crippen LogP contribution in [-0.4, -0.2) is 11.1 Å². The second kappa shape index (κ2) is 3.94. The van der Waals surface area contributed by atoms with Crippen molar-refractivity contribution in [2.24, 2.45) is 0 Å². The molecule has 1 aromatic carbocycles. The lowest BCUT2D eigenvalue weighted by atomic mass is 10.0. The fourth-order valence-corrected chi connectivity index (χ4v) is 1.41. The number of nitrogen functional groups attached to an aromatic ring is 1. The van der Waals surface area contributed by atoms with Gasteiger partial charge in [-0.15, -0.1) is 0 Å². The van der Waals surface area contributed by atoms with Crippen molar-refractivity contribution in [1.82, 2.24) is 0 Å². The maximum Gasteiger partial charge on any atom is 0.307 e. The lowest BCUT2D eigenvalue weighted by Crippen LogP contribution is -2.05. The summed E-state index contributed by atoms with van der Waals surface area (Å²) in [5, 5.41) is 8.64. The molecule has 0 bridgehead atoms. The third-order valence-electron chi connectivity index (χ3n) is 2.00. The molecule has 3 heteroatoms. The van der Waals surface area contributed by atoms with Gasteiger partial charge in [0, 0.05) is 5.69 Å². The van der Waals surface area contributed by atoms with Crippen molar-refractivity contribution in [3.63, 3.8) is 0 Å².